The van der Waals surface area contributed by atoms with Crippen LogP contribution in [-0.4, -0.2) is 29.5 Å². The second kappa shape index (κ2) is 2.14. The predicted molar refractivity (Wildman–Crippen MR) is 42.8 cm³/mol. The number of hydrogen-bond acceptors (Lipinski definition) is 2. The van der Waals surface area contributed by atoms with E-state index in [1.165, 1.54) is 11.0 Å². The number of hydrogen-bond donors (Lipinski definition) is 0. The van der Waals surface area contributed by atoms with Crippen molar-refractivity contribution in [2.75, 3.05) is 7.05 Å². The molecular weight excluding hydrogens is 156 g/mol. The number of aliphatic imine (C=N–C) groups is 1. The quantitative estimate of drug-likeness (QED) is 0.487. The summed E-state index contributed by atoms with van der Waals surface area (Å²) >= 11 is 0. The van der Waals surface area contributed by atoms with Crippen molar-refractivity contribution in [2.24, 2.45) is 4.99 Å². The van der Waals surface area contributed by atoms with Gasteiger partial charge >= 0.3 is 6.03 Å². The Morgan fingerprint density at radius 2 is 2.17 bits per heavy atom. The van der Waals surface area contributed by atoms with E-state index in [9.17, 15) is 9.59 Å². The number of urea groups is 1. The molecule has 1 aliphatic heterocycles. The number of ketones is 1. The Kier molecular flexibility index (Phi) is 1.24. The maximum atomic E-state index is 11.1. The summed E-state index contributed by atoms with van der Waals surface area (Å²) < 4.78 is 0. The van der Waals surface area contributed by atoms with Gasteiger partial charge in [-0.25, -0.2) is 4.79 Å². The summed E-state index contributed by atoms with van der Waals surface area (Å²) in [6.07, 6.45) is 4.71. The zero-order chi connectivity index (χ0) is 8.72. The molecule has 1 heterocycles. The van der Waals surface area contributed by atoms with Crippen molar-refractivity contribution in [1.82, 2.24) is 4.90 Å². The third-order valence-corrected chi connectivity index (χ3v) is 1.83. The van der Waals surface area contributed by atoms with Crippen molar-refractivity contribution in [2.45, 2.75) is 0 Å². The van der Waals surface area contributed by atoms with Crippen molar-refractivity contribution in [3.63, 3.8) is 0 Å². The number of carbonyl (C=O) groups is 2. The minimum absolute atomic E-state index is 0.204. The summed E-state index contributed by atoms with van der Waals surface area (Å²) in [5, 5.41) is 0. The first kappa shape index (κ1) is 6.97. The van der Waals surface area contributed by atoms with Crippen LogP contribution in [0, 0.1) is 0 Å². The molecule has 2 aliphatic rings. The van der Waals surface area contributed by atoms with E-state index in [0.29, 0.717) is 5.70 Å². The lowest BCUT2D eigenvalue weighted by molar-refractivity contribution is -0.108. The van der Waals surface area contributed by atoms with Gasteiger partial charge in [0.05, 0.1) is 5.70 Å². The van der Waals surface area contributed by atoms with E-state index < -0.39 is 0 Å². The Balaban J connectivity index is 2.54. The van der Waals surface area contributed by atoms with Gasteiger partial charge in [0.15, 0.2) is 0 Å². The van der Waals surface area contributed by atoms with Crippen LogP contribution in [0.25, 0.3) is 0 Å². The van der Waals surface area contributed by atoms with Gasteiger partial charge in [-0.15, -0.1) is 0 Å². The second-order valence-corrected chi connectivity index (χ2v) is 2.58. The molecule has 1 aliphatic carbocycles. The average molecular weight is 162 g/mol. The van der Waals surface area contributed by atoms with Crippen LogP contribution in [0.3, 0.4) is 0 Å². The lowest BCUT2D eigenvalue weighted by Crippen LogP contribution is -2.23. The van der Waals surface area contributed by atoms with Crippen molar-refractivity contribution < 1.29 is 9.59 Å². The van der Waals surface area contributed by atoms with Crippen LogP contribution in [-0.2, 0) is 4.79 Å². The van der Waals surface area contributed by atoms with Gasteiger partial charge in [0.2, 0.25) is 5.78 Å². The molecule has 2 rings (SSSR count). The Hall–Kier alpha value is -1.71. The first-order valence-corrected chi connectivity index (χ1v) is 3.49. The molecule has 0 bridgehead atoms. The topological polar surface area (TPSA) is 49.7 Å². The van der Waals surface area contributed by atoms with Crippen LogP contribution in [0.1, 0.15) is 0 Å². The van der Waals surface area contributed by atoms with Crippen LogP contribution in [0.2, 0.25) is 0 Å². The number of nitrogens with zero attached hydrogens (tertiary/aromatic N) is 2. The molecule has 0 spiro atoms. The second-order valence-electron chi connectivity index (χ2n) is 2.58. The summed E-state index contributed by atoms with van der Waals surface area (Å²) in [6.45, 7) is 0. The molecule has 0 fully saturated rings. The number of amides is 2. The molecule has 12 heavy (non-hydrogen) atoms. The smallest absolute Gasteiger partial charge is 0.293 e. The number of carbonyl (C=O) groups excluding carboxylic acids is 2. The van der Waals surface area contributed by atoms with Crippen LogP contribution in [0.15, 0.2) is 28.9 Å². The molecule has 0 atom stereocenters. The molecule has 4 nitrogen and oxygen atoms in total. The first-order chi connectivity index (χ1) is 5.70. The number of rotatable bonds is 0. The van der Waals surface area contributed by atoms with E-state index in [0.717, 1.165) is 0 Å². The van der Waals surface area contributed by atoms with Gasteiger partial charge in [0.1, 0.15) is 5.71 Å². The summed E-state index contributed by atoms with van der Waals surface area (Å²) in [7, 11) is 1.59. The van der Waals surface area contributed by atoms with E-state index in [2.05, 4.69) is 4.99 Å². The summed E-state index contributed by atoms with van der Waals surface area (Å²) in [6, 6.07) is -0.381. The van der Waals surface area contributed by atoms with E-state index in [1.54, 1.807) is 19.2 Å². The average Bonchev–Trinajstić information content (AvgIpc) is 2.32. The lowest BCUT2D eigenvalue weighted by Gasteiger charge is -2.11. The van der Waals surface area contributed by atoms with Gasteiger partial charge in [-0.3, -0.25) is 9.69 Å². The SMILES string of the molecule is CN1C(=O)N=C2C(=O)C=CC=C21. The Labute approximate surface area is 68.9 Å². The summed E-state index contributed by atoms with van der Waals surface area (Å²) in [4.78, 5) is 27.1. The molecule has 0 aromatic rings. The van der Waals surface area contributed by atoms with Gasteiger partial charge in [-0.05, 0) is 12.2 Å². The van der Waals surface area contributed by atoms with Gasteiger partial charge in [0.25, 0.3) is 0 Å². The highest BCUT2D eigenvalue weighted by Gasteiger charge is 2.30. The molecule has 0 aromatic heterocycles. The lowest BCUT2D eigenvalue weighted by atomic mass is 10.1. The largest absolute Gasteiger partial charge is 0.348 e. The molecule has 0 radical (unpaired) electrons. The third-order valence-electron chi connectivity index (χ3n) is 1.83. The first-order valence-electron chi connectivity index (χ1n) is 3.49. The monoisotopic (exact) mass is 162 g/mol. The van der Waals surface area contributed by atoms with E-state index in [1.807, 2.05) is 0 Å². The van der Waals surface area contributed by atoms with Crippen LogP contribution in [0.4, 0.5) is 4.79 Å². The highest BCUT2D eigenvalue weighted by molar-refractivity contribution is 6.53. The summed E-state index contributed by atoms with van der Waals surface area (Å²) in [5.74, 6) is -0.204. The molecular formula is C8H6N2O2. The van der Waals surface area contributed by atoms with Crippen molar-refractivity contribution in [1.29, 1.82) is 0 Å². The third kappa shape index (κ3) is 0.747. The molecule has 2 amide bonds. The van der Waals surface area contributed by atoms with Crippen molar-refractivity contribution in [3.8, 4) is 0 Å². The normalized spacial score (nSPS) is 20.9. The van der Waals surface area contributed by atoms with Crippen LogP contribution >= 0.6 is 0 Å². The molecule has 60 valence electrons. The Morgan fingerprint density at radius 1 is 1.42 bits per heavy atom. The molecule has 0 saturated carbocycles. The fraction of sp³-hybridized carbons (Fsp3) is 0.125. The van der Waals surface area contributed by atoms with Crippen molar-refractivity contribution in [3.05, 3.63) is 23.9 Å². The van der Waals surface area contributed by atoms with Gasteiger partial charge < -0.3 is 0 Å². The number of fused-ring (bicyclic) bond motifs is 1. The van der Waals surface area contributed by atoms with Crippen molar-refractivity contribution >= 4 is 17.5 Å². The van der Waals surface area contributed by atoms with E-state index in [4.69, 9.17) is 0 Å². The maximum Gasteiger partial charge on any atom is 0.348 e. The molecule has 0 N–H and O–H groups in total. The highest BCUT2D eigenvalue weighted by atomic mass is 16.2. The Bertz CT molecular complexity index is 363. The van der Waals surface area contributed by atoms with E-state index in [-0.39, 0.29) is 17.5 Å². The molecule has 0 aromatic carbocycles. The number of allylic oxidation sites excluding steroid dienone is 4. The standard InChI is InChI=1S/C8H6N2O2/c1-10-5-3-2-4-6(11)7(5)9-8(10)12/h2-4H,1H3. The van der Waals surface area contributed by atoms with Crippen LogP contribution in [0.5, 0.6) is 0 Å². The molecule has 0 unspecified atom stereocenters. The highest BCUT2D eigenvalue weighted by Crippen LogP contribution is 2.18. The minimum Gasteiger partial charge on any atom is -0.293 e. The van der Waals surface area contributed by atoms with Gasteiger partial charge in [-0.1, -0.05) is 6.08 Å². The minimum atomic E-state index is -0.381. The fourth-order valence-electron chi connectivity index (χ4n) is 1.17. The van der Waals surface area contributed by atoms with Crippen LogP contribution < -0.4 is 0 Å². The Morgan fingerprint density at radius 3 is 2.83 bits per heavy atom. The maximum absolute atomic E-state index is 11.1. The van der Waals surface area contributed by atoms with Gasteiger partial charge in [0, 0.05) is 7.05 Å². The molecule has 0 saturated heterocycles. The molecule has 4 heteroatoms. The predicted octanol–water partition coefficient (Wildman–Crippen LogP) is 0.516. The zero-order valence-electron chi connectivity index (χ0n) is 6.44. The van der Waals surface area contributed by atoms with E-state index >= 15 is 0 Å². The zero-order valence-corrected chi connectivity index (χ0v) is 6.44. The van der Waals surface area contributed by atoms with Gasteiger partial charge in [-0.2, -0.15) is 4.99 Å². The fourth-order valence-corrected chi connectivity index (χ4v) is 1.17. The summed E-state index contributed by atoms with van der Waals surface area (Å²) in [5.41, 5.74) is 0.845.